The number of carbonyl (C=O) groups excluding carboxylic acids is 2. The average molecular weight is 435 g/mol. The number of hydrogen-bond donors (Lipinski definition) is 1. The maximum atomic E-state index is 11.4. The Morgan fingerprint density at radius 3 is 2.30 bits per heavy atom. The number of thiol groups is 1. The smallest absolute Gasteiger partial charge is 0.305 e. The molecule has 2 aromatic carbocycles. The van der Waals surface area contributed by atoms with Gasteiger partial charge in [0.25, 0.3) is 11.6 Å². The molecule has 0 N–H and O–H groups in total. The van der Waals surface area contributed by atoms with Gasteiger partial charge in [0, 0.05) is 17.7 Å². The van der Waals surface area contributed by atoms with Gasteiger partial charge in [-0.3, -0.25) is 9.59 Å². The molecule has 0 heterocycles. The molecule has 0 saturated heterocycles. The van der Waals surface area contributed by atoms with E-state index in [1.807, 2.05) is 24.3 Å². The molecule has 0 radical (unpaired) electrons. The third kappa shape index (κ3) is 12.4. The van der Waals surface area contributed by atoms with Crippen molar-refractivity contribution in [3.05, 3.63) is 69.8 Å². The van der Waals surface area contributed by atoms with Gasteiger partial charge in [-0.2, -0.15) is 0 Å². The minimum Gasteiger partial charge on any atom is -0.465 e. The van der Waals surface area contributed by atoms with Crippen LogP contribution in [-0.4, -0.2) is 30.7 Å². The van der Waals surface area contributed by atoms with Crippen molar-refractivity contribution in [2.75, 3.05) is 13.2 Å². The van der Waals surface area contributed by atoms with Crippen LogP contribution < -0.4 is 4.74 Å². The number of ether oxygens (including phenoxy) is 2. The molecule has 0 fully saturated rings. The van der Waals surface area contributed by atoms with Crippen molar-refractivity contribution in [3.63, 3.8) is 0 Å². The summed E-state index contributed by atoms with van der Waals surface area (Å²) in [7, 11) is 0. The first-order valence-corrected chi connectivity index (χ1v) is 9.73. The summed E-state index contributed by atoms with van der Waals surface area (Å²) in [5.41, 5.74) is 2.23. The third-order valence-electron chi connectivity index (χ3n) is 3.77. The Labute approximate surface area is 180 Å². The molecule has 30 heavy (non-hydrogen) atoms. The van der Waals surface area contributed by atoms with Crippen LogP contribution in [0, 0.1) is 17.0 Å². The van der Waals surface area contributed by atoms with Gasteiger partial charge in [0.15, 0.2) is 0 Å². The highest BCUT2D eigenvalue weighted by Gasteiger charge is 2.04. The highest BCUT2D eigenvalue weighted by Crippen LogP contribution is 2.12. The molecule has 2 rings (SSSR count). The van der Waals surface area contributed by atoms with E-state index in [9.17, 15) is 19.7 Å². The molecule has 9 heteroatoms. The highest BCUT2D eigenvalue weighted by atomic mass is 32.1. The Balaban J connectivity index is 0.000000467. The molecule has 0 aliphatic carbocycles. The first-order valence-electron chi connectivity index (χ1n) is 9.28. The molecule has 0 aliphatic rings. The molecule has 0 aliphatic heterocycles. The van der Waals surface area contributed by atoms with Crippen LogP contribution in [0.2, 0.25) is 0 Å². The minimum absolute atomic E-state index is 0.0184. The van der Waals surface area contributed by atoms with Crippen molar-refractivity contribution in [2.45, 2.75) is 37.5 Å². The van der Waals surface area contributed by atoms with Gasteiger partial charge < -0.3 is 14.3 Å². The Kier molecular flexibility index (Phi) is 12.4. The summed E-state index contributed by atoms with van der Waals surface area (Å²) in [4.78, 5) is 36.6. The number of benzene rings is 2. The van der Waals surface area contributed by atoms with Crippen molar-refractivity contribution in [3.8, 4) is 5.75 Å². The Bertz CT molecular complexity index is 758. The molecule has 0 unspecified atom stereocenters. The first kappa shape index (κ1) is 25.0. The summed E-state index contributed by atoms with van der Waals surface area (Å²) in [6.07, 6.45) is 1.66. The Morgan fingerprint density at radius 1 is 1.07 bits per heavy atom. The summed E-state index contributed by atoms with van der Waals surface area (Å²) in [6.45, 7) is 2.65. The lowest BCUT2D eigenvalue weighted by Gasteiger charge is -2.05. The normalized spacial score (nSPS) is 9.67. The summed E-state index contributed by atoms with van der Waals surface area (Å²) in [5, 5.41) is 9.04. The number of rotatable bonds is 11. The second-order valence-corrected chi connectivity index (χ2v) is 6.69. The highest BCUT2D eigenvalue weighted by molar-refractivity contribution is 7.80. The van der Waals surface area contributed by atoms with Gasteiger partial charge in [-0.15, -0.1) is 22.7 Å². The van der Waals surface area contributed by atoms with E-state index < -0.39 is 5.09 Å². The van der Waals surface area contributed by atoms with E-state index in [-0.39, 0.29) is 25.6 Å². The van der Waals surface area contributed by atoms with E-state index in [4.69, 9.17) is 4.74 Å². The maximum Gasteiger partial charge on any atom is 0.305 e. The minimum atomic E-state index is -0.857. The fourth-order valence-corrected chi connectivity index (χ4v) is 2.35. The molecule has 0 aromatic heterocycles. The molecule has 0 amide bonds. The Hall–Kier alpha value is -3.07. The van der Waals surface area contributed by atoms with Gasteiger partial charge in [0.1, 0.15) is 5.75 Å². The quantitative estimate of drug-likeness (QED) is 0.142. The van der Waals surface area contributed by atoms with Gasteiger partial charge >= 0.3 is 5.97 Å². The second kappa shape index (κ2) is 14.9. The molecule has 0 spiro atoms. The van der Waals surface area contributed by atoms with E-state index in [1.54, 1.807) is 24.3 Å². The van der Waals surface area contributed by atoms with Crippen molar-refractivity contribution in [1.29, 1.82) is 0 Å². The summed E-state index contributed by atoms with van der Waals surface area (Å²) in [6, 6.07) is 14.9. The largest absolute Gasteiger partial charge is 0.465 e. The fourth-order valence-electron chi connectivity index (χ4n) is 2.20. The van der Waals surface area contributed by atoms with Gasteiger partial charge in [-0.05, 0) is 49.6 Å². The lowest BCUT2D eigenvalue weighted by atomic mass is 10.1. The summed E-state index contributed by atoms with van der Waals surface area (Å²) in [5.74, 6) is 0.106. The number of esters is 1. The molecule has 162 valence electrons. The van der Waals surface area contributed by atoms with Crippen LogP contribution in [0.3, 0.4) is 0 Å². The van der Waals surface area contributed by atoms with Crippen LogP contribution in [-0.2, 0) is 25.6 Å². The third-order valence-corrected chi connectivity index (χ3v) is 4.07. The fraction of sp³-hybridized carbons (Fsp3) is 0.333. The zero-order chi connectivity index (χ0) is 22.2. The number of nitrogens with zero attached hydrogens (tertiary/aromatic N) is 1. The number of carbonyl (C=O) groups is 2. The first-order chi connectivity index (χ1) is 14.4. The van der Waals surface area contributed by atoms with Crippen molar-refractivity contribution in [1.82, 2.24) is 0 Å². The number of aryl methyl sites for hydroxylation is 1. The molecular formula is C21H25NO7S. The molecule has 2 aromatic rings. The number of hydrogen-bond acceptors (Lipinski definition) is 8. The zero-order valence-electron chi connectivity index (χ0n) is 16.7. The molecule has 8 nitrogen and oxygen atoms in total. The van der Waals surface area contributed by atoms with Crippen molar-refractivity contribution in [2.24, 2.45) is 0 Å². The molecular weight excluding hydrogens is 410 g/mol. The maximum absolute atomic E-state index is 11.4. The van der Waals surface area contributed by atoms with E-state index in [0.29, 0.717) is 31.5 Å². The lowest BCUT2D eigenvalue weighted by molar-refractivity contribution is -0.757. The van der Waals surface area contributed by atoms with Crippen molar-refractivity contribution < 1.29 is 29.0 Å². The summed E-state index contributed by atoms with van der Waals surface area (Å²) < 4.78 is 9.71. The van der Waals surface area contributed by atoms with Crippen LogP contribution in [0.1, 0.15) is 30.4 Å². The van der Waals surface area contributed by atoms with Crippen LogP contribution in [0.25, 0.3) is 0 Å². The monoisotopic (exact) mass is 435 g/mol. The van der Waals surface area contributed by atoms with Crippen LogP contribution >= 0.6 is 12.6 Å². The van der Waals surface area contributed by atoms with Gasteiger partial charge in [0.2, 0.25) is 0 Å². The zero-order valence-corrected chi connectivity index (χ0v) is 17.6. The van der Waals surface area contributed by atoms with Gasteiger partial charge in [-0.1, -0.05) is 29.8 Å². The van der Waals surface area contributed by atoms with Gasteiger partial charge in [0.05, 0.1) is 13.2 Å². The number of unbranched alkanes of at least 4 members (excludes halogenated alkanes) is 1. The van der Waals surface area contributed by atoms with E-state index in [0.717, 1.165) is 10.5 Å². The predicted molar refractivity (Wildman–Crippen MR) is 113 cm³/mol. The van der Waals surface area contributed by atoms with E-state index >= 15 is 0 Å². The van der Waals surface area contributed by atoms with Crippen molar-refractivity contribution >= 4 is 25.1 Å². The molecule has 0 bridgehead atoms. The second-order valence-electron chi connectivity index (χ2n) is 6.18. The van der Waals surface area contributed by atoms with Gasteiger partial charge in [-0.25, -0.2) is 0 Å². The molecule has 0 saturated carbocycles. The average Bonchev–Trinajstić information content (AvgIpc) is 2.72. The topological polar surface area (TPSA) is 105 Å². The predicted octanol–water partition coefficient (Wildman–Crippen LogP) is 3.97. The van der Waals surface area contributed by atoms with E-state index in [2.05, 4.69) is 29.1 Å². The van der Waals surface area contributed by atoms with Crippen LogP contribution in [0.4, 0.5) is 0 Å². The SMILES string of the molecule is Cc1ccc(S)cc1.O=COc1ccc(CCOC(=O)CCCCO[N+](=O)[O-])cc1. The Morgan fingerprint density at radius 2 is 1.73 bits per heavy atom. The van der Waals surface area contributed by atoms with Crippen LogP contribution in [0.15, 0.2) is 53.4 Å². The standard InChI is InChI=1S/C14H17NO7.C7H8S/c16-11-21-13-6-4-12(5-7-13)8-10-20-14(17)3-1-2-9-22-15(18)19;1-6-2-4-7(8)5-3-6/h4-7,11H,1-3,8-10H2;2-5,8H,1H3. The summed E-state index contributed by atoms with van der Waals surface area (Å²) >= 11 is 4.13. The van der Waals surface area contributed by atoms with Crippen LogP contribution in [0.5, 0.6) is 5.75 Å². The lowest BCUT2D eigenvalue weighted by Crippen LogP contribution is -2.08. The molecule has 0 atom stereocenters. The van der Waals surface area contributed by atoms with E-state index in [1.165, 1.54) is 5.56 Å².